The summed E-state index contributed by atoms with van der Waals surface area (Å²) in [5.74, 6) is 0.767. The van der Waals surface area contributed by atoms with Crippen molar-refractivity contribution in [1.29, 1.82) is 0 Å². The van der Waals surface area contributed by atoms with Gasteiger partial charge in [-0.1, -0.05) is 31.5 Å². The van der Waals surface area contributed by atoms with Gasteiger partial charge in [-0.05, 0) is 39.7 Å². The molecule has 0 fully saturated rings. The van der Waals surface area contributed by atoms with Gasteiger partial charge < -0.3 is 9.73 Å². The summed E-state index contributed by atoms with van der Waals surface area (Å²) in [5, 5.41) is 4.07. The molecule has 1 aromatic heterocycles. The first-order valence-corrected chi connectivity index (χ1v) is 7.00. The van der Waals surface area contributed by atoms with Crippen LogP contribution in [0.2, 0.25) is 5.02 Å². The molecule has 96 valence electrons. The molecule has 0 amide bonds. The average molecular weight is 329 g/mol. The van der Waals surface area contributed by atoms with Crippen LogP contribution < -0.4 is 5.32 Å². The number of halogens is 2. The van der Waals surface area contributed by atoms with E-state index < -0.39 is 0 Å². The van der Waals surface area contributed by atoms with Gasteiger partial charge in [0.15, 0.2) is 0 Å². The van der Waals surface area contributed by atoms with Crippen LogP contribution in [0.4, 0.5) is 0 Å². The summed E-state index contributed by atoms with van der Waals surface area (Å²) < 4.78 is 6.34. The van der Waals surface area contributed by atoms with E-state index in [1.54, 1.807) is 6.26 Å². The number of furan rings is 1. The van der Waals surface area contributed by atoms with Crippen LogP contribution in [0.1, 0.15) is 19.4 Å². The van der Waals surface area contributed by atoms with Crippen LogP contribution in [0.15, 0.2) is 39.4 Å². The molecule has 0 aliphatic heterocycles. The van der Waals surface area contributed by atoms with E-state index in [9.17, 15) is 0 Å². The van der Waals surface area contributed by atoms with E-state index in [0.29, 0.717) is 11.1 Å². The lowest BCUT2D eigenvalue weighted by Gasteiger charge is -2.09. The summed E-state index contributed by atoms with van der Waals surface area (Å²) in [6, 6.07) is 8.35. The van der Waals surface area contributed by atoms with E-state index >= 15 is 0 Å². The summed E-state index contributed by atoms with van der Waals surface area (Å²) in [6.07, 6.45) is 1.64. The summed E-state index contributed by atoms with van der Waals surface area (Å²) >= 11 is 9.74. The Morgan fingerprint density at radius 3 is 2.67 bits per heavy atom. The number of nitrogens with one attached hydrogen (secondary N) is 1. The molecule has 2 rings (SSSR count). The zero-order valence-electron chi connectivity index (χ0n) is 10.3. The predicted molar refractivity (Wildman–Crippen MR) is 78.8 cm³/mol. The molecule has 18 heavy (non-hydrogen) atoms. The van der Waals surface area contributed by atoms with Crippen LogP contribution in [0.5, 0.6) is 0 Å². The fraction of sp³-hybridized carbons (Fsp3) is 0.286. The molecule has 2 nitrogen and oxygen atoms in total. The lowest BCUT2D eigenvalue weighted by molar-refractivity contribution is 0.580. The van der Waals surface area contributed by atoms with Crippen molar-refractivity contribution >= 4 is 27.5 Å². The molecule has 0 saturated heterocycles. The number of rotatable bonds is 4. The van der Waals surface area contributed by atoms with Gasteiger partial charge in [-0.15, -0.1) is 0 Å². The molecular formula is C14H15BrClNO. The van der Waals surface area contributed by atoms with Crippen molar-refractivity contribution in [2.45, 2.75) is 26.4 Å². The normalized spacial score (nSPS) is 11.2. The van der Waals surface area contributed by atoms with Gasteiger partial charge in [0.05, 0.1) is 15.8 Å². The second kappa shape index (κ2) is 5.91. The Morgan fingerprint density at radius 1 is 1.33 bits per heavy atom. The molecule has 2 aromatic rings. The first kappa shape index (κ1) is 13.7. The highest BCUT2D eigenvalue weighted by atomic mass is 79.9. The average Bonchev–Trinajstić information content (AvgIpc) is 2.73. The lowest BCUT2D eigenvalue weighted by atomic mass is 10.1. The molecule has 0 radical (unpaired) electrons. The van der Waals surface area contributed by atoms with E-state index in [2.05, 4.69) is 41.2 Å². The summed E-state index contributed by atoms with van der Waals surface area (Å²) in [7, 11) is 0. The Labute approximate surface area is 120 Å². The topological polar surface area (TPSA) is 25.2 Å². The van der Waals surface area contributed by atoms with Crippen LogP contribution in [0.3, 0.4) is 0 Å². The van der Waals surface area contributed by atoms with E-state index in [1.165, 1.54) is 5.56 Å². The number of benzene rings is 1. The third kappa shape index (κ3) is 3.16. The fourth-order valence-electron chi connectivity index (χ4n) is 1.66. The van der Waals surface area contributed by atoms with Crippen molar-refractivity contribution in [1.82, 2.24) is 5.32 Å². The van der Waals surface area contributed by atoms with Gasteiger partial charge in [0.2, 0.25) is 0 Å². The zero-order chi connectivity index (χ0) is 13.1. The quantitative estimate of drug-likeness (QED) is 0.867. The Balaban J connectivity index is 2.23. The second-order valence-electron chi connectivity index (χ2n) is 4.45. The molecule has 0 saturated carbocycles. The summed E-state index contributed by atoms with van der Waals surface area (Å²) in [4.78, 5) is 0. The molecule has 1 N–H and O–H groups in total. The molecule has 0 atom stereocenters. The van der Waals surface area contributed by atoms with Crippen molar-refractivity contribution in [3.8, 4) is 11.3 Å². The SMILES string of the molecule is CC(C)NCc1ccc(-c2occc2Br)c(Cl)c1. The standard InChI is InChI=1S/C14H15BrClNO/c1-9(2)17-8-10-3-4-11(13(16)7-10)14-12(15)5-6-18-14/h3-7,9,17H,8H2,1-2H3. The predicted octanol–water partition coefficient (Wildman–Crippen LogP) is 4.86. The minimum absolute atomic E-state index is 0.461. The molecule has 0 aliphatic rings. The van der Waals surface area contributed by atoms with Gasteiger partial charge in [0.1, 0.15) is 5.76 Å². The second-order valence-corrected chi connectivity index (χ2v) is 5.71. The van der Waals surface area contributed by atoms with Crippen molar-refractivity contribution in [3.05, 3.63) is 45.6 Å². The highest BCUT2D eigenvalue weighted by Gasteiger charge is 2.11. The van der Waals surface area contributed by atoms with Crippen molar-refractivity contribution in [3.63, 3.8) is 0 Å². The van der Waals surface area contributed by atoms with E-state index in [1.807, 2.05) is 18.2 Å². The van der Waals surface area contributed by atoms with Gasteiger partial charge in [0, 0.05) is 18.2 Å². The van der Waals surface area contributed by atoms with Crippen LogP contribution in [0.25, 0.3) is 11.3 Å². The molecule has 1 heterocycles. The minimum Gasteiger partial charge on any atom is -0.463 e. The summed E-state index contributed by atoms with van der Waals surface area (Å²) in [6.45, 7) is 5.06. The highest BCUT2D eigenvalue weighted by Crippen LogP contribution is 2.34. The van der Waals surface area contributed by atoms with Gasteiger partial charge in [-0.3, -0.25) is 0 Å². The van der Waals surface area contributed by atoms with Gasteiger partial charge in [-0.2, -0.15) is 0 Å². The fourth-order valence-corrected chi connectivity index (χ4v) is 2.36. The van der Waals surface area contributed by atoms with E-state index in [-0.39, 0.29) is 0 Å². The van der Waals surface area contributed by atoms with Crippen LogP contribution >= 0.6 is 27.5 Å². The molecule has 0 aliphatic carbocycles. The molecule has 4 heteroatoms. The van der Waals surface area contributed by atoms with Crippen molar-refractivity contribution in [2.24, 2.45) is 0 Å². The third-order valence-electron chi connectivity index (χ3n) is 2.61. The maximum absolute atomic E-state index is 6.30. The van der Waals surface area contributed by atoms with E-state index in [0.717, 1.165) is 22.3 Å². The molecule has 0 spiro atoms. The molecule has 0 bridgehead atoms. The molecular weight excluding hydrogens is 314 g/mol. The lowest BCUT2D eigenvalue weighted by Crippen LogP contribution is -2.21. The first-order valence-electron chi connectivity index (χ1n) is 5.83. The number of hydrogen-bond donors (Lipinski definition) is 1. The van der Waals surface area contributed by atoms with Crippen LogP contribution in [-0.4, -0.2) is 6.04 Å². The third-order valence-corrected chi connectivity index (χ3v) is 3.55. The maximum atomic E-state index is 6.30. The highest BCUT2D eigenvalue weighted by molar-refractivity contribution is 9.10. The van der Waals surface area contributed by atoms with Crippen molar-refractivity contribution < 1.29 is 4.42 Å². The Bertz CT molecular complexity index is 536. The first-order chi connectivity index (χ1) is 8.58. The Kier molecular flexibility index (Phi) is 4.49. The van der Waals surface area contributed by atoms with Crippen molar-refractivity contribution in [2.75, 3.05) is 0 Å². The van der Waals surface area contributed by atoms with Gasteiger partial charge >= 0.3 is 0 Å². The Hall–Kier alpha value is -0.770. The molecule has 0 unspecified atom stereocenters. The van der Waals surface area contributed by atoms with E-state index in [4.69, 9.17) is 16.0 Å². The smallest absolute Gasteiger partial charge is 0.149 e. The largest absolute Gasteiger partial charge is 0.463 e. The molecule has 1 aromatic carbocycles. The number of hydrogen-bond acceptors (Lipinski definition) is 2. The van der Waals surface area contributed by atoms with Crippen LogP contribution in [-0.2, 0) is 6.54 Å². The monoisotopic (exact) mass is 327 g/mol. The van der Waals surface area contributed by atoms with Crippen LogP contribution in [0, 0.1) is 0 Å². The Morgan fingerprint density at radius 2 is 2.11 bits per heavy atom. The minimum atomic E-state index is 0.461. The van der Waals surface area contributed by atoms with Gasteiger partial charge in [0.25, 0.3) is 0 Å². The van der Waals surface area contributed by atoms with Gasteiger partial charge in [-0.25, -0.2) is 0 Å². The zero-order valence-corrected chi connectivity index (χ0v) is 12.7. The maximum Gasteiger partial charge on any atom is 0.149 e. The summed E-state index contributed by atoms with van der Waals surface area (Å²) in [5.41, 5.74) is 2.07.